The van der Waals surface area contributed by atoms with Crippen LogP contribution >= 0.6 is 15.9 Å². The van der Waals surface area contributed by atoms with Gasteiger partial charge < -0.3 is 19.8 Å². The first-order valence-electron chi connectivity index (χ1n) is 2.57. The summed E-state index contributed by atoms with van der Waals surface area (Å²) in [7, 11) is 0. The first-order chi connectivity index (χ1) is 4.59. The van der Waals surface area contributed by atoms with Crippen molar-refractivity contribution in [1.82, 2.24) is 0 Å². The third kappa shape index (κ3) is 2.82. The Kier molecular flexibility index (Phi) is 4.02. The standard InChI is InChI=1S/C5H7BrO4/c6-2-1-3(4(7)8)5(9)10/h3H,1-2H2,(H,7,8)(H,9,10)/p-2. The number of hydrogen-bond donors (Lipinski definition) is 0. The van der Waals surface area contributed by atoms with E-state index in [-0.39, 0.29) is 6.42 Å². The molecule has 0 fully saturated rings. The van der Waals surface area contributed by atoms with Crippen LogP contribution in [0.1, 0.15) is 6.42 Å². The summed E-state index contributed by atoms with van der Waals surface area (Å²) in [5.74, 6) is -4.70. The molecule has 0 radical (unpaired) electrons. The summed E-state index contributed by atoms with van der Waals surface area (Å²) in [5.41, 5.74) is 0. The van der Waals surface area contributed by atoms with E-state index in [0.717, 1.165) is 0 Å². The highest BCUT2D eigenvalue weighted by Crippen LogP contribution is 2.02. The minimum absolute atomic E-state index is 0.00926. The van der Waals surface area contributed by atoms with Crippen LogP contribution in [-0.2, 0) is 9.59 Å². The summed E-state index contributed by atoms with van der Waals surface area (Å²) in [4.78, 5) is 20.0. The van der Waals surface area contributed by atoms with Gasteiger partial charge in [0.1, 0.15) is 0 Å². The van der Waals surface area contributed by atoms with E-state index in [9.17, 15) is 19.8 Å². The van der Waals surface area contributed by atoms with E-state index >= 15 is 0 Å². The number of carboxylic acid groups (broad SMARTS) is 2. The number of carbonyl (C=O) groups is 2. The summed E-state index contributed by atoms with van der Waals surface area (Å²) in [6.45, 7) is 0. The molecule has 0 N–H and O–H groups in total. The Balaban J connectivity index is 3.98. The van der Waals surface area contributed by atoms with Crippen LogP contribution in [0.15, 0.2) is 0 Å². The molecular weight excluding hydrogens is 204 g/mol. The Bertz CT molecular complexity index is 131. The van der Waals surface area contributed by atoms with Gasteiger partial charge in [0.25, 0.3) is 0 Å². The van der Waals surface area contributed by atoms with Gasteiger partial charge >= 0.3 is 0 Å². The second kappa shape index (κ2) is 4.27. The van der Waals surface area contributed by atoms with E-state index in [1.54, 1.807) is 0 Å². The highest BCUT2D eigenvalue weighted by molar-refractivity contribution is 9.09. The van der Waals surface area contributed by atoms with Crippen LogP contribution in [0.25, 0.3) is 0 Å². The minimum Gasteiger partial charge on any atom is -0.549 e. The molecule has 58 valence electrons. The second-order valence-electron chi connectivity index (χ2n) is 1.67. The molecule has 0 aromatic heterocycles. The van der Waals surface area contributed by atoms with Gasteiger partial charge in [0.15, 0.2) is 0 Å². The van der Waals surface area contributed by atoms with Crippen molar-refractivity contribution in [2.75, 3.05) is 5.33 Å². The minimum atomic E-state index is -1.60. The van der Waals surface area contributed by atoms with E-state index < -0.39 is 17.9 Å². The van der Waals surface area contributed by atoms with Gasteiger partial charge in [-0.2, -0.15) is 0 Å². The maximum Gasteiger partial charge on any atom is 0.0501 e. The molecule has 4 nitrogen and oxygen atoms in total. The van der Waals surface area contributed by atoms with Crippen molar-refractivity contribution in [2.24, 2.45) is 5.92 Å². The topological polar surface area (TPSA) is 80.3 Å². The fourth-order valence-electron chi connectivity index (χ4n) is 0.441. The molecule has 5 heteroatoms. The molecule has 0 spiro atoms. The van der Waals surface area contributed by atoms with Crippen LogP contribution in [0.5, 0.6) is 0 Å². The Hall–Kier alpha value is -0.580. The summed E-state index contributed by atoms with van der Waals surface area (Å²) < 4.78 is 0. The van der Waals surface area contributed by atoms with Crippen LogP contribution < -0.4 is 10.2 Å². The third-order valence-corrected chi connectivity index (χ3v) is 1.42. The number of carboxylic acids is 2. The lowest BCUT2D eigenvalue weighted by Crippen LogP contribution is -2.43. The lowest BCUT2D eigenvalue weighted by atomic mass is 10.1. The summed E-state index contributed by atoms with van der Waals surface area (Å²) in [6.07, 6.45) is -0.00926. The average Bonchev–Trinajstić information content (AvgIpc) is 1.81. The SMILES string of the molecule is O=C([O-])C(CCBr)C(=O)[O-]. The molecule has 0 aromatic carbocycles. The molecule has 0 heterocycles. The first-order valence-corrected chi connectivity index (χ1v) is 3.69. The second-order valence-corrected chi connectivity index (χ2v) is 2.46. The quantitative estimate of drug-likeness (QED) is 0.392. The molecule has 0 saturated carbocycles. The number of halogens is 1. The van der Waals surface area contributed by atoms with E-state index in [1.807, 2.05) is 0 Å². The van der Waals surface area contributed by atoms with Crippen LogP contribution in [0, 0.1) is 5.92 Å². The van der Waals surface area contributed by atoms with Crippen LogP contribution in [0.3, 0.4) is 0 Å². The Labute approximate surface area is 66.0 Å². The number of rotatable bonds is 4. The van der Waals surface area contributed by atoms with Gasteiger partial charge in [-0.05, 0) is 6.42 Å². The van der Waals surface area contributed by atoms with Gasteiger partial charge in [-0.15, -0.1) is 0 Å². The molecule has 0 aliphatic rings. The van der Waals surface area contributed by atoms with Gasteiger partial charge in [-0.3, -0.25) is 0 Å². The first kappa shape index (κ1) is 9.42. The molecule has 10 heavy (non-hydrogen) atoms. The van der Waals surface area contributed by atoms with E-state index in [0.29, 0.717) is 5.33 Å². The number of carbonyl (C=O) groups excluding carboxylic acids is 2. The molecular formula is C5H5BrO4-2. The zero-order valence-electron chi connectivity index (χ0n) is 5.00. The number of hydrogen-bond acceptors (Lipinski definition) is 4. The molecule has 0 aliphatic heterocycles. The van der Waals surface area contributed by atoms with E-state index in [1.165, 1.54) is 0 Å². The van der Waals surface area contributed by atoms with Crippen LogP contribution in [0.2, 0.25) is 0 Å². The average molecular weight is 209 g/mol. The van der Waals surface area contributed by atoms with Crippen molar-refractivity contribution in [1.29, 1.82) is 0 Å². The Morgan fingerprint density at radius 3 is 1.80 bits per heavy atom. The number of aliphatic carboxylic acids is 2. The highest BCUT2D eigenvalue weighted by atomic mass is 79.9. The zero-order chi connectivity index (χ0) is 8.15. The number of alkyl halides is 1. The molecule has 0 aromatic rings. The van der Waals surface area contributed by atoms with Gasteiger partial charge in [-0.25, -0.2) is 0 Å². The van der Waals surface area contributed by atoms with Gasteiger partial charge in [0.05, 0.1) is 11.9 Å². The molecule has 0 amide bonds. The molecule has 0 saturated heterocycles. The van der Waals surface area contributed by atoms with Crippen molar-refractivity contribution >= 4 is 27.9 Å². The largest absolute Gasteiger partial charge is 0.549 e. The van der Waals surface area contributed by atoms with Crippen LogP contribution in [-0.4, -0.2) is 17.3 Å². The van der Waals surface area contributed by atoms with Crippen molar-refractivity contribution in [2.45, 2.75) is 6.42 Å². The van der Waals surface area contributed by atoms with Gasteiger partial charge in [0.2, 0.25) is 0 Å². The molecule has 0 aliphatic carbocycles. The Morgan fingerprint density at radius 1 is 1.30 bits per heavy atom. The van der Waals surface area contributed by atoms with Crippen molar-refractivity contribution < 1.29 is 19.8 Å². The maximum atomic E-state index is 9.98. The highest BCUT2D eigenvalue weighted by Gasteiger charge is 2.08. The Morgan fingerprint density at radius 2 is 1.70 bits per heavy atom. The monoisotopic (exact) mass is 208 g/mol. The van der Waals surface area contributed by atoms with Crippen molar-refractivity contribution in [3.63, 3.8) is 0 Å². The van der Waals surface area contributed by atoms with Gasteiger partial charge in [0, 0.05) is 11.2 Å². The van der Waals surface area contributed by atoms with Crippen molar-refractivity contribution in [3.8, 4) is 0 Å². The normalized spacial score (nSPS) is 9.80. The van der Waals surface area contributed by atoms with Crippen molar-refractivity contribution in [3.05, 3.63) is 0 Å². The summed E-state index contributed by atoms with van der Waals surface area (Å²) >= 11 is 2.90. The lowest BCUT2D eigenvalue weighted by Gasteiger charge is -2.16. The summed E-state index contributed by atoms with van der Waals surface area (Å²) in [6, 6.07) is 0. The molecule has 0 unspecified atom stereocenters. The van der Waals surface area contributed by atoms with E-state index in [4.69, 9.17) is 0 Å². The predicted octanol–water partition coefficient (Wildman–Crippen LogP) is -2.11. The third-order valence-electron chi connectivity index (χ3n) is 0.967. The lowest BCUT2D eigenvalue weighted by molar-refractivity contribution is -0.331. The predicted molar refractivity (Wildman–Crippen MR) is 31.9 cm³/mol. The van der Waals surface area contributed by atoms with E-state index in [2.05, 4.69) is 15.9 Å². The maximum absolute atomic E-state index is 9.98. The fourth-order valence-corrected chi connectivity index (χ4v) is 0.899. The summed E-state index contributed by atoms with van der Waals surface area (Å²) in [5, 5.41) is 20.3. The molecule has 0 bridgehead atoms. The molecule has 0 rings (SSSR count). The molecule has 0 atom stereocenters. The fraction of sp³-hybridized carbons (Fsp3) is 0.600. The van der Waals surface area contributed by atoms with Crippen LogP contribution in [0.4, 0.5) is 0 Å². The zero-order valence-corrected chi connectivity index (χ0v) is 6.59. The van der Waals surface area contributed by atoms with Gasteiger partial charge in [-0.1, -0.05) is 15.9 Å². The smallest absolute Gasteiger partial charge is 0.0501 e.